The average Bonchev–Trinajstić information content (AvgIpc) is 2.44. The Morgan fingerprint density at radius 3 is 2.33 bits per heavy atom. The Kier molecular flexibility index (Phi) is 1.79. The van der Waals surface area contributed by atoms with Gasteiger partial charge in [0, 0.05) is 11.1 Å². The zero-order valence-corrected chi connectivity index (χ0v) is 7.61. The van der Waals surface area contributed by atoms with Crippen LogP contribution < -0.4 is 0 Å². The number of carboxylic acid groups (broad SMARTS) is 1. The molecule has 0 spiro atoms. The topological polar surface area (TPSA) is 71.4 Å². The number of allylic oxidation sites excluding steroid dienone is 1. The van der Waals surface area contributed by atoms with Crippen molar-refractivity contribution in [3.05, 3.63) is 47.0 Å². The Morgan fingerprint density at radius 2 is 1.73 bits per heavy atom. The van der Waals surface area contributed by atoms with Crippen LogP contribution in [0, 0.1) is 0 Å². The van der Waals surface area contributed by atoms with Gasteiger partial charge in [0.15, 0.2) is 11.6 Å². The molecule has 0 saturated carbocycles. The van der Waals surface area contributed by atoms with Crippen molar-refractivity contribution in [1.82, 2.24) is 0 Å². The van der Waals surface area contributed by atoms with Gasteiger partial charge in [-0.1, -0.05) is 6.58 Å². The second-order valence-corrected chi connectivity index (χ2v) is 3.20. The average molecular weight is 202 g/mol. The molecule has 4 nitrogen and oxygen atoms in total. The zero-order chi connectivity index (χ0) is 11.2. The molecule has 1 aromatic rings. The quantitative estimate of drug-likeness (QED) is 0.550. The molecule has 0 radical (unpaired) electrons. The summed E-state index contributed by atoms with van der Waals surface area (Å²) in [6.45, 7) is 3.36. The molecule has 74 valence electrons. The van der Waals surface area contributed by atoms with E-state index in [-0.39, 0.29) is 22.3 Å². The molecule has 1 aliphatic carbocycles. The van der Waals surface area contributed by atoms with Crippen LogP contribution in [0.2, 0.25) is 0 Å². The summed E-state index contributed by atoms with van der Waals surface area (Å²) < 4.78 is 0. The largest absolute Gasteiger partial charge is 0.478 e. The Labute approximate surface area is 84.8 Å². The highest BCUT2D eigenvalue weighted by molar-refractivity contribution is 6.39. The van der Waals surface area contributed by atoms with Crippen LogP contribution in [0.5, 0.6) is 0 Å². The maximum absolute atomic E-state index is 11.5. The number of aromatic carboxylic acids is 1. The summed E-state index contributed by atoms with van der Waals surface area (Å²) >= 11 is 0. The SMILES string of the molecule is C=C1C(=O)c2ccc(C(=O)O)cc2C1=O. The maximum Gasteiger partial charge on any atom is 0.335 e. The van der Waals surface area contributed by atoms with Gasteiger partial charge in [-0.15, -0.1) is 0 Å². The fourth-order valence-electron chi connectivity index (χ4n) is 1.49. The van der Waals surface area contributed by atoms with E-state index in [4.69, 9.17) is 5.11 Å². The highest BCUT2D eigenvalue weighted by Gasteiger charge is 2.31. The van der Waals surface area contributed by atoms with Gasteiger partial charge in [-0.25, -0.2) is 4.79 Å². The predicted octanol–water partition coefficient (Wildman–Crippen LogP) is 1.32. The van der Waals surface area contributed by atoms with Crippen LogP contribution in [0.25, 0.3) is 0 Å². The van der Waals surface area contributed by atoms with E-state index in [0.29, 0.717) is 0 Å². The minimum absolute atomic E-state index is 0.00963. The van der Waals surface area contributed by atoms with Crippen LogP contribution in [-0.4, -0.2) is 22.6 Å². The van der Waals surface area contributed by atoms with Crippen molar-refractivity contribution in [1.29, 1.82) is 0 Å². The van der Waals surface area contributed by atoms with Crippen molar-refractivity contribution in [2.75, 3.05) is 0 Å². The Hall–Kier alpha value is -2.23. The van der Waals surface area contributed by atoms with Gasteiger partial charge in [0.1, 0.15) is 0 Å². The minimum Gasteiger partial charge on any atom is -0.478 e. The molecule has 4 heteroatoms. The molecular formula is C11H6O4. The lowest BCUT2D eigenvalue weighted by Gasteiger charge is -1.97. The van der Waals surface area contributed by atoms with E-state index in [9.17, 15) is 14.4 Å². The number of ketones is 2. The lowest BCUT2D eigenvalue weighted by Crippen LogP contribution is -2.00. The normalized spacial score (nSPS) is 14.3. The maximum atomic E-state index is 11.5. The third kappa shape index (κ3) is 1.19. The summed E-state index contributed by atoms with van der Waals surface area (Å²) in [7, 11) is 0. The van der Waals surface area contributed by atoms with E-state index < -0.39 is 17.5 Å². The summed E-state index contributed by atoms with van der Waals surface area (Å²) in [4.78, 5) is 33.5. The van der Waals surface area contributed by atoms with Crippen LogP contribution in [0.15, 0.2) is 30.4 Å². The molecule has 0 saturated heterocycles. The zero-order valence-electron chi connectivity index (χ0n) is 7.61. The van der Waals surface area contributed by atoms with Crippen molar-refractivity contribution < 1.29 is 19.5 Å². The molecule has 0 aromatic heterocycles. The molecule has 2 rings (SSSR count). The van der Waals surface area contributed by atoms with Crippen LogP contribution >= 0.6 is 0 Å². The first-order valence-electron chi connectivity index (χ1n) is 4.18. The molecular weight excluding hydrogens is 196 g/mol. The fraction of sp³-hybridized carbons (Fsp3) is 0. The number of carbonyl (C=O) groups excluding carboxylic acids is 2. The summed E-state index contributed by atoms with van der Waals surface area (Å²) in [5.41, 5.74) is 0.247. The van der Waals surface area contributed by atoms with E-state index in [1.165, 1.54) is 18.2 Å². The Balaban J connectivity index is 2.66. The number of carboxylic acids is 1. The molecule has 0 fully saturated rings. The van der Waals surface area contributed by atoms with Crippen LogP contribution in [0.4, 0.5) is 0 Å². The number of Topliss-reactive ketones (excluding diaryl/α,β-unsaturated/α-hetero) is 2. The fourth-order valence-corrected chi connectivity index (χ4v) is 1.49. The first-order valence-corrected chi connectivity index (χ1v) is 4.18. The number of hydrogen-bond acceptors (Lipinski definition) is 3. The number of benzene rings is 1. The molecule has 1 aromatic carbocycles. The highest BCUT2D eigenvalue weighted by atomic mass is 16.4. The van der Waals surface area contributed by atoms with E-state index in [1.807, 2.05) is 0 Å². The summed E-state index contributed by atoms with van der Waals surface area (Å²) in [5.74, 6) is -2.04. The van der Waals surface area contributed by atoms with Gasteiger partial charge in [-0.2, -0.15) is 0 Å². The van der Waals surface area contributed by atoms with E-state index in [0.717, 1.165) is 0 Å². The van der Waals surface area contributed by atoms with Gasteiger partial charge < -0.3 is 5.11 Å². The predicted molar refractivity (Wildman–Crippen MR) is 51.2 cm³/mol. The Morgan fingerprint density at radius 1 is 1.13 bits per heavy atom. The van der Waals surface area contributed by atoms with E-state index in [1.54, 1.807) is 0 Å². The minimum atomic E-state index is -1.13. The molecule has 0 heterocycles. The molecule has 0 amide bonds. The van der Waals surface area contributed by atoms with E-state index >= 15 is 0 Å². The third-order valence-electron chi connectivity index (χ3n) is 2.30. The van der Waals surface area contributed by atoms with Gasteiger partial charge in [0.05, 0.1) is 11.1 Å². The summed E-state index contributed by atoms with van der Waals surface area (Å²) in [6, 6.07) is 3.85. The standard InChI is InChI=1S/C11H6O4/c1-5-9(12)7-3-2-6(11(14)15)4-8(7)10(5)13/h2-4H,1H2,(H,14,15). The summed E-state index contributed by atoms with van der Waals surface area (Å²) in [5, 5.41) is 8.72. The molecule has 1 N–H and O–H groups in total. The van der Waals surface area contributed by atoms with Crippen molar-refractivity contribution >= 4 is 17.5 Å². The lowest BCUT2D eigenvalue weighted by atomic mass is 10.1. The smallest absolute Gasteiger partial charge is 0.335 e. The van der Waals surface area contributed by atoms with Crippen molar-refractivity contribution in [3.63, 3.8) is 0 Å². The first-order chi connectivity index (χ1) is 7.02. The van der Waals surface area contributed by atoms with E-state index in [2.05, 4.69) is 6.58 Å². The first kappa shape index (κ1) is 9.33. The van der Waals surface area contributed by atoms with Gasteiger partial charge in [0.2, 0.25) is 0 Å². The van der Waals surface area contributed by atoms with Crippen LogP contribution in [0.3, 0.4) is 0 Å². The molecule has 0 bridgehead atoms. The third-order valence-corrected chi connectivity index (χ3v) is 2.30. The molecule has 1 aliphatic rings. The second kappa shape index (κ2) is 2.88. The van der Waals surface area contributed by atoms with Crippen LogP contribution in [0.1, 0.15) is 31.1 Å². The Bertz CT molecular complexity index is 525. The molecule has 15 heavy (non-hydrogen) atoms. The monoisotopic (exact) mass is 202 g/mol. The van der Waals surface area contributed by atoms with Gasteiger partial charge in [-0.3, -0.25) is 9.59 Å². The van der Waals surface area contributed by atoms with Crippen LogP contribution in [-0.2, 0) is 0 Å². The second-order valence-electron chi connectivity index (χ2n) is 3.20. The van der Waals surface area contributed by atoms with Gasteiger partial charge >= 0.3 is 5.97 Å². The number of rotatable bonds is 1. The van der Waals surface area contributed by atoms with Crippen molar-refractivity contribution in [2.24, 2.45) is 0 Å². The van der Waals surface area contributed by atoms with Gasteiger partial charge in [0.25, 0.3) is 0 Å². The van der Waals surface area contributed by atoms with Crippen molar-refractivity contribution in [2.45, 2.75) is 0 Å². The molecule has 0 atom stereocenters. The summed E-state index contributed by atoms with van der Waals surface area (Å²) in [6.07, 6.45) is 0. The number of carbonyl (C=O) groups is 3. The number of hydrogen-bond donors (Lipinski definition) is 1. The van der Waals surface area contributed by atoms with Crippen molar-refractivity contribution in [3.8, 4) is 0 Å². The molecule has 0 aliphatic heterocycles. The molecule has 0 unspecified atom stereocenters. The highest BCUT2D eigenvalue weighted by Crippen LogP contribution is 2.26. The van der Waals surface area contributed by atoms with Gasteiger partial charge in [-0.05, 0) is 18.2 Å². The number of fused-ring (bicyclic) bond motifs is 1. The lowest BCUT2D eigenvalue weighted by molar-refractivity contribution is 0.0696.